The number of halogens is 2. The Hall–Kier alpha value is 2.62. The maximum absolute atomic E-state index is 0. The Morgan fingerprint density at radius 2 is 1.00 bits per heavy atom. The minimum absolute atomic E-state index is 0. The summed E-state index contributed by atoms with van der Waals surface area (Å²) in [4.78, 5) is 0. The van der Waals surface area contributed by atoms with Gasteiger partial charge in [-0.15, -0.1) is 0 Å². The van der Waals surface area contributed by atoms with Crippen molar-refractivity contribution < 1.29 is 68.5 Å². The Balaban J connectivity index is 0. The molecule has 0 atom stereocenters. The van der Waals surface area contributed by atoms with E-state index >= 15 is 0 Å². The Morgan fingerprint density at radius 1 is 1.00 bits per heavy atom. The fraction of sp³-hybridized carbons (Fsp3) is 0. The van der Waals surface area contributed by atoms with Gasteiger partial charge in [-0.05, 0) is 0 Å². The summed E-state index contributed by atoms with van der Waals surface area (Å²) in [6.45, 7) is 0. The molecule has 0 amide bonds. The van der Waals surface area contributed by atoms with E-state index in [-0.39, 0.29) is 91.5 Å². The van der Waals surface area contributed by atoms with E-state index in [0.29, 0.717) is 0 Å². The molecule has 0 nitrogen and oxygen atoms in total. The molecule has 0 aromatic heterocycles. The normalized spacial score (nSPS) is 0. The average Bonchev–Trinajstić information content (AvgIpc) is 0. The van der Waals surface area contributed by atoms with Crippen molar-refractivity contribution in [3.05, 3.63) is 0 Å². The molecule has 0 aliphatic rings. The van der Waals surface area contributed by atoms with Crippen molar-refractivity contribution in [1.29, 1.82) is 0 Å². The van der Waals surface area contributed by atoms with Gasteiger partial charge in [0.15, 0.2) is 0 Å². The molecule has 0 aliphatic heterocycles. The summed E-state index contributed by atoms with van der Waals surface area (Å²) in [6, 6.07) is 0. The van der Waals surface area contributed by atoms with Crippen LogP contribution in [0, 0.1) is 0 Å². The third kappa shape index (κ3) is 8.82. The molecule has 16 valence electrons. The maximum atomic E-state index is 0. The summed E-state index contributed by atoms with van der Waals surface area (Å²) in [5.74, 6) is 0. The molecule has 0 radical (unpaired) electrons. The molecule has 0 aliphatic carbocycles. The summed E-state index contributed by atoms with van der Waals surface area (Å²) < 4.78 is 0. The molecule has 0 unspecified atom stereocenters. The fourth-order valence-corrected chi connectivity index (χ4v) is 0. The molecule has 0 aromatic rings. The molecule has 0 saturated heterocycles. The Kier molecular flexibility index (Phi) is 133. The van der Waals surface area contributed by atoms with E-state index in [2.05, 4.69) is 0 Å². The second-order valence-electron chi connectivity index (χ2n) is 0. The van der Waals surface area contributed by atoms with E-state index in [0.717, 1.165) is 0 Å². The van der Waals surface area contributed by atoms with Crippen molar-refractivity contribution in [3.63, 3.8) is 0 Å². The summed E-state index contributed by atoms with van der Waals surface area (Å²) in [5.41, 5.74) is 0. The molecular weight excluding hydrogens is 118 g/mol. The van der Waals surface area contributed by atoms with Crippen LogP contribution in [0.4, 0.5) is 0 Å². The molecule has 0 N–H and O–H groups in total. The molecule has 0 saturated carbocycles. The first-order valence-corrected chi connectivity index (χ1v) is 0. The first-order chi connectivity index (χ1) is 0. The van der Waals surface area contributed by atoms with E-state index < -0.39 is 0 Å². The van der Waals surface area contributed by atoms with E-state index in [1.165, 1.54) is 0 Å². The molecule has 0 aromatic carbocycles. The summed E-state index contributed by atoms with van der Waals surface area (Å²) in [6.07, 6.45) is 0. The van der Waals surface area contributed by atoms with E-state index in [9.17, 15) is 0 Å². The molecule has 4 heavy (non-hydrogen) atoms. The molecule has 4 heteroatoms. The summed E-state index contributed by atoms with van der Waals surface area (Å²) in [5, 5.41) is 0. The predicted octanol–water partition coefficient (Wildman–Crippen LogP) is -9.37. The third-order valence-electron chi connectivity index (χ3n) is 0. The van der Waals surface area contributed by atoms with Crippen LogP contribution in [-0.2, 0) is 0 Å². The molecule has 0 spiro atoms. The van der Waals surface area contributed by atoms with Crippen molar-refractivity contribution in [2.45, 2.75) is 0 Å². The van der Waals surface area contributed by atoms with Crippen LogP contribution in [0.2, 0.25) is 0 Å². The van der Waals surface area contributed by atoms with Gasteiger partial charge in [0.05, 0.1) is 0 Å². The van der Waals surface area contributed by atoms with E-state index in [4.69, 9.17) is 0 Å². The first kappa shape index (κ1) is 30.4. The van der Waals surface area contributed by atoms with Crippen LogP contribution >= 0.6 is 0 Å². The smallest absolute Gasteiger partial charge is 1.00 e. The minimum Gasteiger partial charge on any atom is -1.00 e. The Bertz CT molecular complexity index is 8.00. The standard InChI is InChI=1S/ClH.FH.K.Mg/h2*1H;;/q;;+1;+2/p-2. The van der Waals surface area contributed by atoms with Gasteiger partial charge in [0, 0.05) is 0 Å². The quantitative estimate of drug-likeness (QED) is 0.277. The van der Waals surface area contributed by atoms with Gasteiger partial charge in [-0.25, -0.2) is 0 Å². The second-order valence-corrected chi connectivity index (χ2v) is 0. The van der Waals surface area contributed by atoms with Gasteiger partial charge >= 0.3 is 74.4 Å². The van der Waals surface area contributed by atoms with E-state index in [1.807, 2.05) is 0 Å². The predicted molar refractivity (Wildman–Crippen MR) is 5.75 cm³/mol. The fourth-order valence-electron chi connectivity index (χ4n) is 0. The number of hydrogen-bond donors (Lipinski definition) is 0. The Morgan fingerprint density at radius 3 is 1.00 bits per heavy atom. The largest absolute Gasteiger partial charge is 2.00 e. The zero-order valence-corrected chi connectivity index (χ0v) is 7.76. The summed E-state index contributed by atoms with van der Waals surface area (Å²) in [7, 11) is 0. The zero-order chi connectivity index (χ0) is 0. The van der Waals surface area contributed by atoms with Gasteiger partial charge in [-0.2, -0.15) is 0 Å². The van der Waals surface area contributed by atoms with Gasteiger partial charge in [-0.3, -0.25) is 0 Å². The summed E-state index contributed by atoms with van der Waals surface area (Å²) >= 11 is 0. The molecule has 0 fully saturated rings. The molecule has 0 bridgehead atoms. The second kappa shape index (κ2) is 17.5. The van der Waals surface area contributed by atoms with Crippen molar-refractivity contribution in [2.75, 3.05) is 0 Å². The van der Waals surface area contributed by atoms with Crippen LogP contribution in [-0.4, -0.2) is 23.1 Å². The van der Waals surface area contributed by atoms with Crippen molar-refractivity contribution in [1.82, 2.24) is 0 Å². The van der Waals surface area contributed by atoms with Crippen LogP contribution < -0.4 is 68.5 Å². The van der Waals surface area contributed by atoms with Crippen molar-refractivity contribution in [3.8, 4) is 0 Å². The van der Waals surface area contributed by atoms with Crippen LogP contribution in [0.5, 0.6) is 0 Å². The number of rotatable bonds is 0. The van der Waals surface area contributed by atoms with Gasteiger partial charge in [0.2, 0.25) is 0 Å². The van der Waals surface area contributed by atoms with Gasteiger partial charge in [0.25, 0.3) is 0 Å². The van der Waals surface area contributed by atoms with Gasteiger partial charge in [0.1, 0.15) is 0 Å². The Labute approximate surface area is 89.4 Å². The SMILES string of the molecule is [Cl-].[F-].[K+].[Mg+2]. The van der Waals surface area contributed by atoms with Crippen LogP contribution in [0.3, 0.4) is 0 Å². The number of hydrogen-bond acceptors (Lipinski definition) is 0. The average molecular weight is 118 g/mol. The monoisotopic (exact) mass is 117 g/mol. The first-order valence-electron chi connectivity index (χ1n) is 0. The third-order valence-corrected chi connectivity index (χ3v) is 0. The maximum Gasteiger partial charge on any atom is 2.00 e. The van der Waals surface area contributed by atoms with Crippen molar-refractivity contribution in [2.24, 2.45) is 0 Å². The molecule has 0 rings (SSSR count). The van der Waals surface area contributed by atoms with Crippen LogP contribution in [0.25, 0.3) is 0 Å². The van der Waals surface area contributed by atoms with E-state index in [1.54, 1.807) is 0 Å². The van der Waals surface area contributed by atoms with Gasteiger partial charge in [-0.1, -0.05) is 0 Å². The van der Waals surface area contributed by atoms with Crippen molar-refractivity contribution >= 4 is 23.1 Å². The zero-order valence-electron chi connectivity index (χ0n) is 2.46. The topological polar surface area (TPSA) is 0 Å². The molecular formula is ClFKMg+. The minimum atomic E-state index is 0. The van der Waals surface area contributed by atoms with Crippen LogP contribution in [0.1, 0.15) is 0 Å². The van der Waals surface area contributed by atoms with Crippen LogP contribution in [0.15, 0.2) is 0 Å². The molecule has 0 heterocycles. The van der Waals surface area contributed by atoms with Gasteiger partial charge < -0.3 is 17.1 Å².